The van der Waals surface area contributed by atoms with E-state index < -0.39 is 10.9 Å². The molecular weight excluding hydrogens is 382 g/mol. The van der Waals surface area contributed by atoms with Crippen molar-refractivity contribution >= 4 is 28.5 Å². The standard InChI is InChI=1S/C24H23NO5/c1-3-4-5-22-17(6-7-18-16-21(29-2)13-14-23(18)22)8-15-24(26)30-20-11-9-19(10-12-20)25(27)28/h6-16H,3-5H2,1-2H3/b15-8+. The van der Waals surface area contributed by atoms with Crippen LogP contribution in [0.2, 0.25) is 0 Å². The van der Waals surface area contributed by atoms with E-state index in [0.717, 1.165) is 41.3 Å². The molecule has 0 aliphatic heterocycles. The van der Waals surface area contributed by atoms with Gasteiger partial charge in [0.15, 0.2) is 0 Å². The van der Waals surface area contributed by atoms with Gasteiger partial charge in [0.2, 0.25) is 0 Å². The van der Waals surface area contributed by atoms with Crippen molar-refractivity contribution in [3.63, 3.8) is 0 Å². The Bertz CT molecular complexity index is 1090. The van der Waals surface area contributed by atoms with Gasteiger partial charge in [-0.1, -0.05) is 31.5 Å². The van der Waals surface area contributed by atoms with Crippen LogP contribution in [-0.2, 0) is 11.2 Å². The average Bonchev–Trinajstić information content (AvgIpc) is 2.76. The van der Waals surface area contributed by atoms with E-state index in [9.17, 15) is 14.9 Å². The molecule has 0 aliphatic rings. The van der Waals surface area contributed by atoms with Crippen LogP contribution in [0.15, 0.2) is 60.7 Å². The lowest BCUT2D eigenvalue weighted by Gasteiger charge is -2.12. The summed E-state index contributed by atoms with van der Waals surface area (Å²) in [6.45, 7) is 2.14. The molecule has 0 saturated carbocycles. The molecule has 0 saturated heterocycles. The molecule has 0 unspecified atom stereocenters. The Morgan fingerprint density at radius 2 is 1.80 bits per heavy atom. The van der Waals surface area contributed by atoms with E-state index in [1.807, 2.05) is 30.3 Å². The number of non-ortho nitro benzene ring substituents is 1. The molecule has 0 spiro atoms. The first-order chi connectivity index (χ1) is 14.5. The summed E-state index contributed by atoms with van der Waals surface area (Å²) < 4.78 is 10.6. The van der Waals surface area contributed by atoms with Gasteiger partial charge in [0, 0.05) is 18.2 Å². The number of nitrogens with zero attached hydrogens (tertiary/aromatic N) is 1. The van der Waals surface area contributed by atoms with Crippen molar-refractivity contribution in [2.75, 3.05) is 7.11 Å². The zero-order chi connectivity index (χ0) is 21.5. The Morgan fingerprint density at radius 3 is 2.47 bits per heavy atom. The van der Waals surface area contributed by atoms with Crippen LogP contribution in [0.5, 0.6) is 11.5 Å². The third-order valence-corrected chi connectivity index (χ3v) is 4.82. The minimum Gasteiger partial charge on any atom is -0.497 e. The van der Waals surface area contributed by atoms with Crippen molar-refractivity contribution in [2.45, 2.75) is 26.2 Å². The SMILES string of the molecule is CCCCc1c(/C=C/C(=O)Oc2ccc([N+](=O)[O-])cc2)ccc2cc(OC)ccc12. The van der Waals surface area contributed by atoms with Crippen LogP contribution in [-0.4, -0.2) is 18.0 Å². The predicted octanol–water partition coefficient (Wildman–Crippen LogP) is 5.72. The van der Waals surface area contributed by atoms with Gasteiger partial charge in [-0.05, 0) is 65.1 Å². The molecule has 30 heavy (non-hydrogen) atoms. The molecule has 154 valence electrons. The molecule has 0 aromatic heterocycles. The van der Waals surface area contributed by atoms with Crippen molar-refractivity contribution in [3.8, 4) is 11.5 Å². The first-order valence-electron chi connectivity index (χ1n) is 9.75. The maximum atomic E-state index is 12.2. The number of ether oxygens (including phenoxy) is 2. The number of hydrogen-bond donors (Lipinski definition) is 0. The molecule has 3 rings (SSSR count). The second-order valence-corrected chi connectivity index (χ2v) is 6.83. The van der Waals surface area contributed by atoms with Gasteiger partial charge in [-0.2, -0.15) is 0 Å². The number of unbranched alkanes of at least 4 members (excludes halogenated alkanes) is 1. The maximum absolute atomic E-state index is 12.2. The number of nitro benzene ring substituents is 1. The largest absolute Gasteiger partial charge is 0.497 e. The van der Waals surface area contributed by atoms with Crippen LogP contribution < -0.4 is 9.47 Å². The molecule has 0 fully saturated rings. The molecule has 0 N–H and O–H groups in total. The van der Waals surface area contributed by atoms with Crippen LogP contribution in [0, 0.1) is 10.1 Å². The lowest BCUT2D eigenvalue weighted by molar-refractivity contribution is -0.384. The minimum atomic E-state index is -0.542. The topological polar surface area (TPSA) is 78.7 Å². The Morgan fingerprint density at radius 1 is 1.07 bits per heavy atom. The van der Waals surface area contributed by atoms with E-state index in [4.69, 9.17) is 9.47 Å². The summed E-state index contributed by atoms with van der Waals surface area (Å²) in [5.41, 5.74) is 2.08. The number of esters is 1. The van der Waals surface area contributed by atoms with E-state index in [0.29, 0.717) is 0 Å². The second kappa shape index (κ2) is 9.69. The van der Waals surface area contributed by atoms with E-state index >= 15 is 0 Å². The molecule has 0 heterocycles. The van der Waals surface area contributed by atoms with Crippen LogP contribution in [0.1, 0.15) is 30.9 Å². The molecule has 0 atom stereocenters. The van der Waals surface area contributed by atoms with Crippen LogP contribution in [0.3, 0.4) is 0 Å². The fraction of sp³-hybridized carbons (Fsp3) is 0.208. The van der Waals surface area contributed by atoms with Crippen LogP contribution in [0.25, 0.3) is 16.8 Å². The number of hydrogen-bond acceptors (Lipinski definition) is 5. The average molecular weight is 405 g/mol. The fourth-order valence-corrected chi connectivity index (χ4v) is 3.25. The zero-order valence-electron chi connectivity index (χ0n) is 17.0. The smallest absolute Gasteiger partial charge is 0.336 e. The van der Waals surface area contributed by atoms with Crippen molar-refractivity contribution in [2.24, 2.45) is 0 Å². The highest BCUT2D eigenvalue weighted by molar-refractivity contribution is 5.93. The van der Waals surface area contributed by atoms with Crippen LogP contribution in [0.4, 0.5) is 5.69 Å². The molecule has 0 amide bonds. The van der Waals surface area contributed by atoms with Crippen LogP contribution >= 0.6 is 0 Å². The lowest BCUT2D eigenvalue weighted by Crippen LogP contribution is -2.04. The Labute approximate surface area is 174 Å². The summed E-state index contributed by atoms with van der Waals surface area (Å²) in [5, 5.41) is 12.9. The van der Waals surface area contributed by atoms with Gasteiger partial charge in [0.05, 0.1) is 12.0 Å². The summed E-state index contributed by atoms with van der Waals surface area (Å²) in [6.07, 6.45) is 6.14. The number of fused-ring (bicyclic) bond motifs is 1. The highest BCUT2D eigenvalue weighted by atomic mass is 16.6. The number of methoxy groups -OCH3 is 1. The summed E-state index contributed by atoms with van der Waals surface area (Å²) in [4.78, 5) is 22.4. The molecular formula is C24H23NO5. The molecule has 6 nitrogen and oxygen atoms in total. The third-order valence-electron chi connectivity index (χ3n) is 4.82. The number of benzene rings is 3. The molecule has 3 aromatic carbocycles. The molecule has 0 radical (unpaired) electrons. The quantitative estimate of drug-likeness (QED) is 0.157. The highest BCUT2D eigenvalue weighted by Gasteiger charge is 2.09. The number of aryl methyl sites for hydroxylation is 1. The first-order valence-corrected chi connectivity index (χ1v) is 9.75. The summed E-state index contributed by atoms with van der Waals surface area (Å²) in [7, 11) is 1.65. The van der Waals surface area contributed by atoms with Gasteiger partial charge in [0.25, 0.3) is 5.69 Å². The predicted molar refractivity (Wildman–Crippen MR) is 117 cm³/mol. The van der Waals surface area contributed by atoms with Gasteiger partial charge >= 0.3 is 5.97 Å². The molecule has 3 aromatic rings. The Kier molecular flexibility index (Phi) is 6.80. The first kappa shape index (κ1) is 21.0. The summed E-state index contributed by atoms with van der Waals surface area (Å²) in [5.74, 6) is 0.520. The summed E-state index contributed by atoms with van der Waals surface area (Å²) >= 11 is 0. The van der Waals surface area contributed by atoms with Gasteiger partial charge in [-0.25, -0.2) is 4.79 Å². The van der Waals surface area contributed by atoms with E-state index in [2.05, 4.69) is 6.92 Å². The highest BCUT2D eigenvalue weighted by Crippen LogP contribution is 2.28. The molecule has 0 bridgehead atoms. The number of carbonyl (C=O) groups excluding carboxylic acids is 1. The number of nitro groups is 1. The van der Waals surface area contributed by atoms with Crippen molar-refractivity contribution in [3.05, 3.63) is 81.9 Å². The van der Waals surface area contributed by atoms with Gasteiger partial charge in [0.1, 0.15) is 11.5 Å². The zero-order valence-corrected chi connectivity index (χ0v) is 17.0. The number of carbonyl (C=O) groups is 1. The minimum absolute atomic E-state index is 0.0568. The number of rotatable bonds is 8. The van der Waals surface area contributed by atoms with Gasteiger partial charge in [-0.3, -0.25) is 10.1 Å². The monoisotopic (exact) mass is 405 g/mol. The van der Waals surface area contributed by atoms with E-state index in [-0.39, 0.29) is 11.4 Å². The van der Waals surface area contributed by atoms with Gasteiger partial charge < -0.3 is 9.47 Å². The maximum Gasteiger partial charge on any atom is 0.336 e. The molecule has 0 aliphatic carbocycles. The van der Waals surface area contributed by atoms with Crippen molar-refractivity contribution in [1.29, 1.82) is 0 Å². The summed E-state index contributed by atoms with van der Waals surface area (Å²) in [6, 6.07) is 15.4. The third kappa shape index (κ3) is 5.03. The normalized spacial score (nSPS) is 11.0. The van der Waals surface area contributed by atoms with E-state index in [1.165, 1.54) is 35.9 Å². The lowest BCUT2D eigenvalue weighted by atomic mass is 9.94. The fourth-order valence-electron chi connectivity index (χ4n) is 3.25. The Balaban J connectivity index is 1.83. The van der Waals surface area contributed by atoms with Crippen molar-refractivity contribution < 1.29 is 19.2 Å². The molecule has 6 heteroatoms. The van der Waals surface area contributed by atoms with Gasteiger partial charge in [-0.15, -0.1) is 0 Å². The second-order valence-electron chi connectivity index (χ2n) is 6.83. The Hall–Kier alpha value is -3.67. The van der Waals surface area contributed by atoms with Crippen molar-refractivity contribution in [1.82, 2.24) is 0 Å². The van der Waals surface area contributed by atoms with E-state index in [1.54, 1.807) is 13.2 Å².